The Morgan fingerprint density at radius 3 is 2.55 bits per heavy atom. The van der Waals surface area contributed by atoms with E-state index >= 15 is 0 Å². The number of hydrogen-bond donors (Lipinski definition) is 1. The largest absolute Gasteiger partial charge is 0.408 e. The smallest absolute Gasteiger partial charge is 0.371 e. The van der Waals surface area contributed by atoms with Gasteiger partial charge in [-0.15, -0.1) is 0 Å². The summed E-state index contributed by atoms with van der Waals surface area (Å²) >= 11 is 0. The number of fused-ring (bicyclic) bond motifs is 1. The van der Waals surface area contributed by atoms with E-state index in [1.54, 1.807) is 12.1 Å². The molecule has 1 aliphatic rings. The highest BCUT2D eigenvalue weighted by Crippen LogP contribution is 2.33. The number of anilines is 1. The lowest BCUT2D eigenvalue weighted by Crippen LogP contribution is -2.39. The van der Waals surface area contributed by atoms with Gasteiger partial charge in [0.25, 0.3) is 0 Å². The molecule has 1 unspecified atom stereocenters. The van der Waals surface area contributed by atoms with E-state index in [0.29, 0.717) is 17.1 Å². The molecule has 106 valence electrons. The van der Waals surface area contributed by atoms with E-state index < -0.39 is 12.2 Å². The highest BCUT2D eigenvalue weighted by atomic mass is 19.4. The van der Waals surface area contributed by atoms with Crippen molar-refractivity contribution in [3.8, 4) is 5.69 Å². The minimum absolute atomic E-state index is 0.0383. The molecule has 7 heteroatoms. The van der Waals surface area contributed by atoms with Crippen molar-refractivity contribution in [3.05, 3.63) is 42.0 Å². The molecular weight excluding hydrogens is 274 g/mol. The number of aromatic nitrogens is 2. The number of nitrogens with one attached hydrogen (secondary N) is 1. The minimum Gasteiger partial charge on any atom is -0.371 e. The van der Waals surface area contributed by atoms with E-state index in [-0.39, 0.29) is 18.7 Å². The highest BCUT2D eigenvalue weighted by molar-refractivity contribution is 5.53. The quantitative estimate of drug-likeness (QED) is 0.815. The Morgan fingerprint density at radius 2 is 1.90 bits per heavy atom. The van der Waals surface area contributed by atoms with E-state index in [1.165, 1.54) is 23.0 Å². The fourth-order valence-electron chi connectivity index (χ4n) is 2.33. The molecule has 0 radical (unpaired) electrons. The number of benzene rings is 1. The number of rotatable bonds is 1. The molecule has 0 saturated carbocycles. The summed E-state index contributed by atoms with van der Waals surface area (Å²) in [6.45, 7) is 0. The summed E-state index contributed by atoms with van der Waals surface area (Å²) in [6.07, 6.45) is -2.67. The van der Waals surface area contributed by atoms with Gasteiger partial charge in [0.05, 0.1) is 23.3 Å². The molecule has 0 aliphatic carbocycles. The molecule has 1 aromatic carbocycles. The monoisotopic (exact) mass is 285 g/mol. The molecular formula is C13H11F4N3. The summed E-state index contributed by atoms with van der Waals surface area (Å²) in [5.41, 5.74) is 1.68. The molecule has 1 atom stereocenters. The van der Waals surface area contributed by atoms with Gasteiger partial charge in [-0.1, -0.05) is 0 Å². The van der Waals surface area contributed by atoms with Gasteiger partial charge in [-0.3, -0.25) is 0 Å². The molecule has 0 fully saturated rings. The molecule has 3 nitrogen and oxygen atoms in total. The van der Waals surface area contributed by atoms with Gasteiger partial charge in [0.1, 0.15) is 11.9 Å². The lowest BCUT2D eigenvalue weighted by Gasteiger charge is -2.27. The molecule has 0 amide bonds. The van der Waals surface area contributed by atoms with Crippen LogP contribution in [-0.4, -0.2) is 22.0 Å². The molecule has 2 heterocycles. The first kappa shape index (κ1) is 13.0. The Morgan fingerprint density at radius 1 is 1.20 bits per heavy atom. The van der Waals surface area contributed by atoms with Crippen LogP contribution in [-0.2, 0) is 6.42 Å². The average molecular weight is 285 g/mol. The van der Waals surface area contributed by atoms with Gasteiger partial charge in [-0.25, -0.2) is 9.07 Å². The summed E-state index contributed by atoms with van der Waals surface area (Å²) in [7, 11) is 0. The lowest BCUT2D eigenvalue weighted by atomic mass is 10.0. The van der Waals surface area contributed by atoms with E-state index in [4.69, 9.17) is 0 Å². The second-order valence-electron chi connectivity index (χ2n) is 4.67. The lowest BCUT2D eigenvalue weighted by molar-refractivity contribution is -0.144. The maximum absolute atomic E-state index is 12.9. The van der Waals surface area contributed by atoms with Crippen LogP contribution in [0.2, 0.25) is 0 Å². The minimum atomic E-state index is -4.27. The van der Waals surface area contributed by atoms with Crippen LogP contribution in [0.5, 0.6) is 0 Å². The fraction of sp³-hybridized carbons (Fsp3) is 0.308. The van der Waals surface area contributed by atoms with Crippen molar-refractivity contribution in [1.82, 2.24) is 9.78 Å². The van der Waals surface area contributed by atoms with Gasteiger partial charge in [0.2, 0.25) is 0 Å². The van der Waals surface area contributed by atoms with Gasteiger partial charge in [0, 0.05) is 0 Å². The molecule has 1 N–H and O–H groups in total. The third kappa shape index (κ3) is 2.23. The Balaban J connectivity index is 1.92. The molecule has 20 heavy (non-hydrogen) atoms. The number of nitrogens with zero attached hydrogens (tertiary/aromatic N) is 2. The van der Waals surface area contributed by atoms with Crippen molar-refractivity contribution >= 4 is 5.69 Å². The standard InChI is InChI=1S/C13H11F4N3/c14-8-1-3-9(4-2-8)20-11-5-6-12(13(15,16)17)19-10(11)7-18-20/h1-4,7,12,19H,5-6H2. The van der Waals surface area contributed by atoms with Crippen molar-refractivity contribution in [2.75, 3.05) is 5.32 Å². The molecule has 0 saturated heterocycles. The molecule has 1 aromatic heterocycles. The summed E-state index contributed by atoms with van der Waals surface area (Å²) in [6, 6.07) is 4.12. The van der Waals surface area contributed by atoms with Crippen LogP contribution in [0, 0.1) is 5.82 Å². The van der Waals surface area contributed by atoms with E-state index in [1.807, 2.05) is 0 Å². The van der Waals surface area contributed by atoms with E-state index in [9.17, 15) is 17.6 Å². The Bertz CT molecular complexity index is 616. The number of hydrogen-bond acceptors (Lipinski definition) is 2. The van der Waals surface area contributed by atoms with Crippen LogP contribution in [0.1, 0.15) is 12.1 Å². The summed E-state index contributed by atoms with van der Waals surface area (Å²) in [4.78, 5) is 0. The number of halogens is 4. The fourth-order valence-corrected chi connectivity index (χ4v) is 2.33. The van der Waals surface area contributed by atoms with Crippen LogP contribution < -0.4 is 5.32 Å². The van der Waals surface area contributed by atoms with Crippen LogP contribution in [0.4, 0.5) is 23.2 Å². The molecule has 0 bridgehead atoms. The maximum Gasteiger partial charge on any atom is 0.408 e. The molecule has 3 rings (SSSR count). The van der Waals surface area contributed by atoms with Crippen molar-refractivity contribution in [2.24, 2.45) is 0 Å². The van der Waals surface area contributed by atoms with E-state index in [2.05, 4.69) is 10.4 Å². The van der Waals surface area contributed by atoms with Crippen molar-refractivity contribution < 1.29 is 17.6 Å². The molecule has 0 spiro atoms. The second kappa shape index (κ2) is 4.50. The third-order valence-electron chi connectivity index (χ3n) is 3.33. The Kier molecular flexibility index (Phi) is 2.92. The Labute approximate surface area is 112 Å². The first-order valence-electron chi connectivity index (χ1n) is 6.11. The highest BCUT2D eigenvalue weighted by Gasteiger charge is 2.42. The average Bonchev–Trinajstić information content (AvgIpc) is 2.81. The number of alkyl halides is 3. The van der Waals surface area contributed by atoms with Gasteiger partial charge < -0.3 is 5.32 Å². The summed E-state index contributed by atoms with van der Waals surface area (Å²) in [5.74, 6) is -0.370. The van der Waals surface area contributed by atoms with E-state index in [0.717, 1.165) is 0 Å². The zero-order chi connectivity index (χ0) is 14.3. The topological polar surface area (TPSA) is 29.9 Å². The zero-order valence-corrected chi connectivity index (χ0v) is 10.3. The van der Waals surface area contributed by atoms with Gasteiger partial charge in [-0.05, 0) is 37.1 Å². The van der Waals surface area contributed by atoms with Crippen LogP contribution in [0.25, 0.3) is 5.69 Å². The first-order valence-corrected chi connectivity index (χ1v) is 6.11. The van der Waals surface area contributed by atoms with Crippen LogP contribution >= 0.6 is 0 Å². The summed E-state index contributed by atoms with van der Waals surface area (Å²) in [5, 5.41) is 6.53. The molecule has 2 aromatic rings. The predicted octanol–water partition coefficient (Wildman–Crippen LogP) is 3.30. The van der Waals surface area contributed by atoms with Crippen molar-refractivity contribution in [1.29, 1.82) is 0 Å². The maximum atomic E-state index is 12.9. The third-order valence-corrected chi connectivity index (χ3v) is 3.33. The van der Waals surface area contributed by atoms with Crippen LogP contribution in [0.3, 0.4) is 0 Å². The zero-order valence-electron chi connectivity index (χ0n) is 10.3. The normalized spacial score (nSPS) is 18.5. The Hall–Kier alpha value is -2.05. The van der Waals surface area contributed by atoms with Gasteiger partial charge >= 0.3 is 6.18 Å². The summed E-state index contributed by atoms with van der Waals surface area (Å²) < 4.78 is 52.5. The second-order valence-corrected chi connectivity index (χ2v) is 4.67. The first-order chi connectivity index (χ1) is 9.45. The molecule has 1 aliphatic heterocycles. The van der Waals surface area contributed by atoms with Gasteiger partial charge in [-0.2, -0.15) is 18.3 Å². The van der Waals surface area contributed by atoms with Crippen molar-refractivity contribution in [2.45, 2.75) is 25.1 Å². The SMILES string of the molecule is Fc1ccc(-n2ncc3c2CCC(C(F)(F)F)N3)cc1. The van der Waals surface area contributed by atoms with Gasteiger partial charge in [0.15, 0.2) is 0 Å². The predicted molar refractivity (Wildman–Crippen MR) is 65.3 cm³/mol. The van der Waals surface area contributed by atoms with Crippen molar-refractivity contribution in [3.63, 3.8) is 0 Å². The van der Waals surface area contributed by atoms with Crippen LogP contribution in [0.15, 0.2) is 30.5 Å².